The summed E-state index contributed by atoms with van der Waals surface area (Å²) in [7, 11) is 0. The molecule has 0 aromatic heterocycles. The normalized spacial score (nSPS) is 11.5. The number of nitriles is 1. The van der Waals surface area contributed by atoms with Crippen LogP contribution in [0.1, 0.15) is 30.0 Å². The minimum Gasteiger partial charge on any atom is -0.429 e. The number of ether oxygens (including phenoxy) is 1. The summed E-state index contributed by atoms with van der Waals surface area (Å²) in [6.07, 6.45) is 1.94. The van der Waals surface area contributed by atoms with Crippen LogP contribution in [0.2, 0.25) is 0 Å². The van der Waals surface area contributed by atoms with Gasteiger partial charge in [-0.25, -0.2) is 17.6 Å². The number of alkyl halides is 2. The van der Waals surface area contributed by atoms with Gasteiger partial charge < -0.3 is 4.74 Å². The van der Waals surface area contributed by atoms with Crippen molar-refractivity contribution in [2.45, 2.75) is 25.9 Å². The topological polar surface area (TPSA) is 33.0 Å². The first kappa shape index (κ1) is 31.1. The zero-order chi connectivity index (χ0) is 32.1. The van der Waals surface area contributed by atoms with Crippen molar-refractivity contribution in [1.82, 2.24) is 0 Å². The van der Waals surface area contributed by atoms with Crippen LogP contribution in [0.15, 0.2) is 109 Å². The van der Waals surface area contributed by atoms with Gasteiger partial charge in [0.2, 0.25) is 0 Å². The Morgan fingerprint density at radius 3 is 1.78 bits per heavy atom. The van der Waals surface area contributed by atoms with Gasteiger partial charge >= 0.3 is 6.11 Å². The lowest BCUT2D eigenvalue weighted by atomic mass is 9.96. The molecule has 5 aromatic rings. The van der Waals surface area contributed by atoms with Gasteiger partial charge in [-0.2, -0.15) is 14.0 Å². The van der Waals surface area contributed by atoms with E-state index >= 15 is 4.39 Å². The second-order valence-corrected chi connectivity index (χ2v) is 10.3. The summed E-state index contributed by atoms with van der Waals surface area (Å²) in [5, 5.41) is 8.85. The fourth-order valence-electron chi connectivity index (χ4n) is 4.89. The number of rotatable bonds is 9. The number of halogens is 6. The van der Waals surface area contributed by atoms with Gasteiger partial charge in [-0.1, -0.05) is 60.7 Å². The third kappa shape index (κ3) is 6.94. The van der Waals surface area contributed by atoms with E-state index in [1.165, 1.54) is 66.7 Å². The van der Waals surface area contributed by atoms with Crippen molar-refractivity contribution in [3.63, 3.8) is 0 Å². The summed E-state index contributed by atoms with van der Waals surface area (Å²) in [6, 6.07) is 22.9. The number of hydrogen-bond donors (Lipinski definition) is 0. The van der Waals surface area contributed by atoms with Crippen LogP contribution in [-0.4, -0.2) is 0 Å². The summed E-state index contributed by atoms with van der Waals surface area (Å²) in [5.41, 5.74) is 0.909. The van der Waals surface area contributed by atoms with Gasteiger partial charge in [0.15, 0.2) is 0 Å². The highest BCUT2D eigenvalue weighted by molar-refractivity contribution is 5.74. The van der Waals surface area contributed by atoms with E-state index in [-0.39, 0.29) is 33.6 Å². The van der Waals surface area contributed by atoms with E-state index in [0.29, 0.717) is 11.1 Å². The van der Waals surface area contributed by atoms with E-state index in [1.807, 2.05) is 19.1 Å². The third-order valence-electron chi connectivity index (χ3n) is 7.27. The molecule has 5 aromatic carbocycles. The number of allylic oxidation sites excluding steroid dienone is 2. The van der Waals surface area contributed by atoms with Crippen molar-refractivity contribution in [3.8, 4) is 45.2 Å². The third-order valence-corrected chi connectivity index (χ3v) is 7.27. The Labute approximate surface area is 256 Å². The largest absolute Gasteiger partial charge is 0.429 e. The molecule has 0 unspecified atom stereocenters. The van der Waals surface area contributed by atoms with Crippen LogP contribution in [0.25, 0.3) is 33.4 Å². The molecule has 0 bridgehead atoms. The summed E-state index contributed by atoms with van der Waals surface area (Å²) in [6.45, 7) is 1.92. The number of nitrogens with zero attached hydrogens (tertiary/aromatic N) is 1. The predicted octanol–water partition coefficient (Wildman–Crippen LogP) is 10.8. The Balaban J connectivity index is 1.30. The average molecular weight is 614 g/mol. The molecule has 0 amide bonds. The van der Waals surface area contributed by atoms with E-state index in [0.717, 1.165) is 36.6 Å². The molecule has 0 aliphatic heterocycles. The lowest BCUT2D eigenvalue weighted by Crippen LogP contribution is -2.21. The van der Waals surface area contributed by atoms with Gasteiger partial charge in [0.25, 0.3) is 0 Å². The molecule has 45 heavy (non-hydrogen) atoms. The van der Waals surface area contributed by atoms with Crippen LogP contribution in [0.4, 0.5) is 26.3 Å². The standard InChI is InChI=1S/C37H25F6NO/c1-2-3-4-5-23-6-12-28(13-7-23)37(42,43)45-29-14-8-24(9-15-29)25-10-16-30(33(38)18-25)26-11-17-31(34(39)19-26)27-20-35(40)32(22-44)36(41)21-27/h2-3,6-21H,4-5H2,1H3/b3-2+. The first-order valence-electron chi connectivity index (χ1n) is 14.0. The van der Waals surface area contributed by atoms with E-state index in [4.69, 9.17) is 10.00 Å². The second kappa shape index (κ2) is 13.1. The van der Waals surface area contributed by atoms with Crippen molar-refractivity contribution < 1.29 is 31.1 Å². The SMILES string of the molecule is C/C=C/CCc1ccc(C(F)(F)Oc2ccc(-c3ccc(-c4ccc(-c5cc(F)c(C#N)c(F)c5)c(F)c4)c(F)c3)cc2)cc1. The van der Waals surface area contributed by atoms with Crippen LogP contribution in [0, 0.1) is 34.6 Å². The van der Waals surface area contributed by atoms with E-state index in [2.05, 4.69) is 0 Å². The predicted molar refractivity (Wildman–Crippen MR) is 161 cm³/mol. The molecule has 0 saturated heterocycles. The molecular weight excluding hydrogens is 588 g/mol. The highest BCUT2D eigenvalue weighted by Gasteiger charge is 2.34. The Hall–Kier alpha value is -5.29. The second-order valence-electron chi connectivity index (χ2n) is 10.3. The van der Waals surface area contributed by atoms with Crippen LogP contribution < -0.4 is 4.74 Å². The van der Waals surface area contributed by atoms with Gasteiger partial charge in [-0.3, -0.25) is 0 Å². The van der Waals surface area contributed by atoms with Crippen LogP contribution in [0.5, 0.6) is 5.75 Å². The Morgan fingerprint density at radius 2 is 1.20 bits per heavy atom. The molecule has 0 saturated carbocycles. The molecule has 5 rings (SSSR count). The first-order chi connectivity index (χ1) is 21.6. The molecule has 0 spiro atoms. The Kier molecular flexibility index (Phi) is 9.10. The van der Waals surface area contributed by atoms with Crippen molar-refractivity contribution in [2.75, 3.05) is 0 Å². The molecule has 2 nitrogen and oxygen atoms in total. The Bertz CT molecular complexity index is 1890. The monoisotopic (exact) mass is 613 g/mol. The van der Waals surface area contributed by atoms with Crippen LogP contribution in [-0.2, 0) is 12.5 Å². The summed E-state index contributed by atoms with van der Waals surface area (Å²) in [5.74, 6) is -3.82. The maximum Gasteiger partial charge on any atom is 0.426 e. The number of aryl methyl sites for hydroxylation is 1. The molecule has 0 aliphatic carbocycles. The zero-order valence-corrected chi connectivity index (χ0v) is 23.9. The fraction of sp³-hybridized carbons (Fsp3) is 0.108. The maximum atomic E-state index is 15.2. The number of hydrogen-bond acceptors (Lipinski definition) is 2. The summed E-state index contributed by atoms with van der Waals surface area (Å²) in [4.78, 5) is 0. The van der Waals surface area contributed by atoms with Crippen molar-refractivity contribution in [3.05, 3.63) is 149 Å². The minimum absolute atomic E-state index is 0.0735. The Morgan fingerprint density at radius 1 is 0.667 bits per heavy atom. The van der Waals surface area contributed by atoms with Crippen LogP contribution >= 0.6 is 0 Å². The van der Waals surface area contributed by atoms with Crippen LogP contribution in [0.3, 0.4) is 0 Å². The quantitative estimate of drug-likeness (QED) is 0.122. The van der Waals surface area contributed by atoms with E-state index in [1.54, 1.807) is 18.2 Å². The maximum absolute atomic E-state index is 15.2. The van der Waals surface area contributed by atoms with Gasteiger partial charge in [-0.05, 0) is 96.1 Å². The lowest BCUT2D eigenvalue weighted by Gasteiger charge is -2.19. The highest BCUT2D eigenvalue weighted by atomic mass is 19.3. The number of benzene rings is 5. The molecule has 0 radical (unpaired) electrons. The van der Waals surface area contributed by atoms with Gasteiger partial charge in [0.1, 0.15) is 40.7 Å². The van der Waals surface area contributed by atoms with Crippen molar-refractivity contribution in [2.24, 2.45) is 0 Å². The molecule has 0 atom stereocenters. The van der Waals surface area contributed by atoms with E-state index < -0.39 is 34.9 Å². The molecular formula is C37H25F6NO. The average Bonchev–Trinajstić information content (AvgIpc) is 3.01. The molecule has 0 fully saturated rings. The van der Waals surface area contributed by atoms with E-state index in [9.17, 15) is 22.0 Å². The van der Waals surface area contributed by atoms with Gasteiger partial charge in [0, 0.05) is 11.1 Å². The first-order valence-corrected chi connectivity index (χ1v) is 14.0. The molecule has 0 heterocycles. The minimum atomic E-state index is -3.57. The van der Waals surface area contributed by atoms with Crippen molar-refractivity contribution >= 4 is 0 Å². The molecule has 0 N–H and O–H groups in total. The molecule has 0 aliphatic rings. The van der Waals surface area contributed by atoms with Crippen molar-refractivity contribution in [1.29, 1.82) is 5.26 Å². The highest BCUT2D eigenvalue weighted by Crippen LogP contribution is 2.35. The summed E-state index contributed by atoms with van der Waals surface area (Å²) < 4.78 is 92.9. The summed E-state index contributed by atoms with van der Waals surface area (Å²) >= 11 is 0. The zero-order valence-electron chi connectivity index (χ0n) is 23.9. The molecule has 8 heteroatoms. The molecule has 226 valence electrons. The lowest BCUT2D eigenvalue weighted by molar-refractivity contribution is -0.185. The van der Waals surface area contributed by atoms with Gasteiger partial charge in [-0.15, -0.1) is 0 Å². The van der Waals surface area contributed by atoms with Gasteiger partial charge in [0.05, 0.1) is 5.56 Å². The fourth-order valence-corrected chi connectivity index (χ4v) is 4.89. The smallest absolute Gasteiger partial charge is 0.426 e.